The molecule has 2 aromatic carbocycles. The van der Waals surface area contributed by atoms with Crippen LogP contribution in [0, 0.1) is 6.92 Å². The van der Waals surface area contributed by atoms with Crippen molar-refractivity contribution in [2.75, 3.05) is 0 Å². The van der Waals surface area contributed by atoms with Crippen LogP contribution in [-0.4, -0.2) is 20.7 Å². The Morgan fingerprint density at radius 3 is 2.52 bits per heavy atom. The second-order valence-corrected chi connectivity index (χ2v) is 6.89. The molecule has 0 aliphatic carbocycles. The van der Waals surface area contributed by atoms with Crippen LogP contribution >= 0.6 is 11.3 Å². The molecule has 27 heavy (non-hydrogen) atoms. The number of carbonyl (C=O) groups is 1. The number of aromatic nitrogens is 3. The predicted octanol–water partition coefficient (Wildman–Crippen LogP) is 3.85. The van der Waals surface area contributed by atoms with Gasteiger partial charge in [-0.15, -0.1) is 21.5 Å². The van der Waals surface area contributed by atoms with Crippen molar-refractivity contribution in [3.8, 4) is 22.9 Å². The first-order valence-corrected chi connectivity index (χ1v) is 9.19. The summed E-state index contributed by atoms with van der Waals surface area (Å²) in [5.41, 5.74) is 3.23. The van der Waals surface area contributed by atoms with Gasteiger partial charge in [0.1, 0.15) is 0 Å². The van der Waals surface area contributed by atoms with E-state index in [1.807, 2.05) is 54.4 Å². The number of thiazole rings is 1. The largest absolute Gasteiger partial charge is 0.416 e. The molecule has 0 spiro atoms. The van der Waals surface area contributed by atoms with Gasteiger partial charge in [-0.25, -0.2) is 0 Å². The van der Waals surface area contributed by atoms with Crippen LogP contribution in [0.1, 0.15) is 15.9 Å². The lowest BCUT2D eigenvalue weighted by Gasteiger charge is -1.99. The minimum atomic E-state index is -0.286. The maximum atomic E-state index is 12.3. The molecule has 4 rings (SSSR count). The van der Waals surface area contributed by atoms with E-state index in [0.29, 0.717) is 22.1 Å². The topological polar surface area (TPSA) is 73.3 Å². The second kappa shape index (κ2) is 7.13. The van der Waals surface area contributed by atoms with Gasteiger partial charge in [0.15, 0.2) is 4.80 Å². The molecule has 134 valence electrons. The SMILES string of the molecule is Cc1ccccc1-c1nnc(-c2ccc(C(=O)N=c3sccn3C)cc2)o1. The first kappa shape index (κ1) is 17.1. The average Bonchev–Trinajstić information content (AvgIpc) is 3.32. The molecule has 0 fully saturated rings. The Morgan fingerprint density at radius 2 is 1.81 bits per heavy atom. The summed E-state index contributed by atoms with van der Waals surface area (Å²) in [5, 5.41) is 10.1. The van der Waals surface area contributed by atoms with E-state index in [1.165, 1.54) is 11.3 Å². The highest BCUT2D eigenvalue weighted by atomic mass is 32.1. The third-order valence-corrected chi connectivity index (χ3v) is 4.98. The molecular formula is C20H16N4O2S. The number of hydrogen-bond donors (Lipinski definition) is 0. The average molecular weight is 376 g/mol. The number of nitrogens with zero attached hydrogens (tertiary/aromatic N) is 4. The number of benzene rings is 2. The molecule has 0 N–H and O–H groups in total. The van der Waals surface area contributed by atoms with Crippen LogP contribution in [0.25, 0.3) is 22.9 Å². The van der Waals surface area contributed by atoms with E-state index in [0.717, 1.165) is 16.7 Å². The third-order valence-electron chi connectivity index (χ3n) is 4.14. The van der Waals surface area contributed by atoms with E-state index in [1.54, 1.807) is 24.3 Å². The molecule has 0 radical (unpaired) electrons. The first-order chi connectivity index (χ1) is 13.1. The summed E-state index contributed by atoms with van der Waals surface area (Å²) in [7, 11) is 1.85. The molecule has 2 aromatic heterocycles. The van der Waals surface area contributed by atoms with Crippen molar-refractivity contribution >= 4 is 17.2 Å². The van der Waals surface area contributed by atoms with Crippen molar-refractivity contribution < 1.29 is 9.21 Å². The van der Waals surface area contributed by atoms with Crippen molar-refractivity contribution in [3.63, 3.8) is 0 Å². The summed E-state index contributed by atoms with van der Waals surface area (Å²) >= 11 is 1.42. The lowest BCUT2D eigenvalue weighted by atomic mass is 10.1. The summed E-state index contributed by atoms with van der Waals surface area (Å²) in [6, 6.07) is 14.8. The zero-order valence-electron chi connectivity index (χ0n) is 14.8. The minimum Gasteiger partial charge on any atom is -0.416 e. The van der Waals surface area contributed by atoms with E-state index in [9.17, 15) is 4.79 Å². The zero-order valence-corrected chi connectivity index (χ0v) is 15.6. The van der Waals surface area contributed by atoms with Gasteiger partial charge in [0.25, 0.3) is 5.91 Å². The summed E-state index contributed by atoms with van der Waals surface area (Å²) < 4.78 is 7.61. The summed E-state index contributed by atoms with van der Waals surface area (Å²) in [5.74, 6) is 0.600. The summed E-state index contributed by atoms with van der Waals surface area (Å²) in [6.07, 6.45) is 1.86. The molecular weight excluding hydrogens is 360 g/mol. The molecule has 7 heteroatoms. The fraction of sp³-hybridized carbons (Fsp3) is 0.100. The number of hydrogen-bond acceptors (Lipinski definition) is 5. The molecule has 2 heterocycles. The van der Waals surface area contributed by atoms with Crippen LogP contribution in [0.3, 0.4) is 0 Å². The van der Waals surface area contributed by atoms with Gasteiger partial charge in [-0.05, 0) is 42.8 Å². The van der Waals surface area contributed by atoms with Crippen LogP contribution in [0.15, 0.2) is 69.5 Å². The number of carbonyl (C=O) groups excluding carboxylic acids is 1. The van der Waals surface area contributed by atoms with E-state index < -0.39 is 0 Å². The van der Waals surface area contributed by atoms with Gasteiger partial charge in [0.05, 0.1) is 0 Å². The lowest BCUT2D eigenvalue weighted by Crippen LogP contribution is -2.12. The van der Waals surface area contributed by atoms with E-state index in [-0.39, 0.29) is 5.91 Å². The Hall–Kier alpha value is -3.32. The third kappa shape index (κ3) is 3.50. The van der Waals surface area contributed by atoms with Crippen LogP contribution < -0.4 is 4.80 Å². The van der Waals surface area contributed by atoms with Crippen LogP contribution in [0.4, 0.5) is 0 Å². The standard InChI is InChI=1S/C20H16N4O2S/c1-13-5-3-4-6-16(13)19-23-22-18(26-19)15-9-7-14(8-10-15)17(25)21-20-24(2)11-12-27-20/h3-12H,1-2H3. The van der Waals surface area contributed by atoms with Gasteiger partial charge >= 0.3 is 0 Å². The van der Waals surface area contributed by atoms with Gasteiger partial charge in [-0.2, -0.15) is 4.99 Å². The molecule has 0 aliphatic heterocycles. The van der Waals surface area contributed by atoms with Crippen LogP contribution in [-0.2, 0) is 7.05 Å². The molecule has 0 aliphatic rings. The molecule has 0 bridgehead atoms. The smallest absolute Gasteiger partial charge is 0.279 e. The normalized spacial score (nSPS) is 11.7. The highest BCUT2D eigenvalue weighted by Gasteiger charge is 2.13. The van der Waals surface area contributed by atoms with Crippen molar-refractivity contribution in [1.29, 1.82) is 0 Å². The maximum absolute atomic E-state index is 12.3. The Bertz CT molecular complexity index is 1170. The van der Waals surface area contributed by atoms with E-state index in [4.69, 9.17) is 4.42 Å². The van der Waals surface area contributed by atoms with Gasteiger partial charge in [0, 0.05) is 35.3 Å². The van der Waals surface area contributed by atoms with Crippen molar-refractivity contribution in [2.45, 2.75) is 6.92 Å². The Kier molecular flexibility index (Phi) is 4.52. The molecule has 4 aromatic rings. The monoisotopic (exact) mass is 376 g/mol. The van der Waals surface area contributed by atoms with Gasteiger partial charge < -0.3 is 8.98 Å². The number of amides is 1. The van der Waals surface area contributed by atoms with Crippen LogP contribution in [0.2, 0.25) is 0 Å². The maximum Gasteiger partial charge on any atom is 0.279 e. The van der Waals surface area contributed by atoms with Gasteiger partial charge in [-0.3, -0.25) is 4.79 Å². The quantitative estimate of drug-likeness (QED) is 0.544. The molecule has 6 nitrogen and oxygen atoms in total. The molecule has 0 saturated heterocycles. The number of rotatable bonds is 3. The van der Waals surface area contributed by atoms with Gasteiger partial charge in [-0.1, -0.05) is 18.2 Å². The fourth-order valence-corrected chi connectivity index (χ4v) is 3.33. The summed E-state index contributed by atoms with van der Waals surface area (Å²) in [4.78, 5) is 17.1. The molecule has 0 saturated carbocycles. The van der Waals surface area contributed by atoms with Crippen LogP contribution in [0.5, 0.6) is 0 Å². The Labute approximate surface area is 159 Å². The highest BCUT2D eigenvalue weighted by Crippen LogP contribution is 2.26. The van der Waals surface area contributed by atoms with Gasteiger partial charge in [0.2, 0.25) is 11.8 Å². The van der Waals surface area contributed by atoms with Crippen molar-refractivity contribution in [1.82, 2.24) is 14.8 Å². The molecule has 0 atom stereocenters. The first-order valence-electron chi connectivity index (χ1n) is 8.31. The summed E-state index contributed by atoms with van der Waals surface area (Å²) in [6.45, 7) is 2.00. The molecule has 1 amide bonds. The van der Waals surface area contributed by atoms with E-state index >= 15 is 0 Å². The van der Waals surface area contributed by atoms with E-state index in [2.05, 4.69) is 15.2 Å². The Morgan fingerprint density at radius 1 is 1.07 bits per heavy atom. The number of aryl methyl sites for hydroxylation is 2. The van der Waals surface area contributed by atoms with Crippen molar-refractivity contribution in [2.24, 2.45) is 12.0 Å². The second-order valence-electron chi connectivity index (χ2n) is 6.02. The zero-order chi connectivity index (χ0) is 18.8. The minimum absolute atomic E-state index is 0.286. The molecule has 0 unspecified atom stereocenters. The highest BCUT2D eigenvalue weighted by molar-refractivity contribution is 7.07. The predicted molar refractivity (Wildman–Crippen MR) is 103 cm³/mol. The fourth-order valence-electron chi connectivity index (χ4n) is 2.60. The lowest BCUT2D eigenvalue weighted by molar-refractivity contribution is 0.0998. The Balaban J connectivity index is 1.59. The van der Waals surface area contributed by atoms with Crippen molar-refractivity contribution in [3.05, 3.63) is 76.0 Å².